The molecule has 0 N–H and O–H groups in total. The Kier molecular flexibility index (Phi) is 4.26. The van der Waals surface area contributed by atoms with E-state index in [9.17, 15) is 0 Å². The van der Waals surface area contributed by atoms with Gasteiger partial charge in [0.2, 0.25) is 0 Å². The standard InChI is InChI=1S/C28H20Cl2/c29-17-9-11-24-25-12-10-18(30)16-28(25)26(27(24)15-17)14-13-23-21-7-3-1-5-19(21)20-6-2-4-8-22(20)23/h1-12,15-16,23,26H,13-14H2. The van der Waals surface area contributed by atoms with E-state index in [2.05, 4.69) is 72.8 Å². The maximum absolute atomic E-state index is 6.40. The Labute approximate surface area is 187 Å². The van der Waals surface area contributed by atoms with Crippen molar-refractivity contribution >= 4 is 23.2 Å². The number of fused-ring (bicyclic) bond motifs is 6. The number of benzene rings is 4. The second-order valence-corrected chi connectivity index (χ2v) is 9.19. The minimum atomic E-state index is 0.326. The van der Waals surface area contributed by atoms with Crippen LogP contribution in [0.1, 0.15) is 46.9 Å². The summed E-state index contributed by atoms with van der Waals surface area (Å²) in [5.74, 6) is 0.760. The van der Waals surface area contributed by atoms with Crippen LogP contribution in [0.5, 0.6) is 0 Å². The lowest BCUT2D eigenvalue weighted by molar-refractivity contribution is 0.626. The van der Waals surface area contributed by atoms with Crippen molar-refractivity contribution in [3.05, 3.63) is 117 Å². The third-order valence-electron chi connectivity index (χ3n) is 6.77. The van der Waals surface area contributed by atoms with Crippen molar-refractivity contribution < 1.29 is 0 Å². The van der Waals surface area contributed by atoms with E-state index in [1.165, 1.54) is 44.5 Å². The first-order valence-corrected chi connectivity index (χ1v) is 11.2. The van der Waals surface area contributed by atoms with E-state index in [1.807, 2.05) is 12.1 Å². The summed E-state index contributed by atoms with van der Waals surface area (Å²) in [6.45, 7) is 0. The van der Waals surface area contributed by atoms with E-state index in [0.29, 0.717) is 11.8 Å². The average molecular weight is 427 g/mol. The molecule has 0 amide bonds. The fourth-order valence-electron chi connectivity index (χ4n) is 5.52. The van der Waals surface area contributed by atoms with Gasteiger partial charge < -0.3 is 0 Å². The Hall–Kier alpha value is -2.54. The summed E-state index contributed by atoms with van der Waals surface area (Å²) in [7, 11) is 0. The van der Waals surface area contributed by atoms with Gasteiger partial charge in [-0.3, -0.25) is 0 Å². The van der Waals surface area contributed by atoms with E-state index in [-0.39, 0.29) is 0 Å². The number of hydrogen-bond acceptors (Lipinski definition) is 0. The molecule has 0 aliphatic heterocycles. The monoisotopic (exact) mass is 426 g/mol. The maximum atomic E-state index is 6.40. The first-order valence-electron chi connectivity index (χ1n) is 10.5. The van der Waals surface area contributed by atoms with E-state index in [4.69, 9.17) is 23.2 Å². The quantitative estimate of drug-likeness (QED) is 0.307. The summed E-state index contributed by atoms with van der Waals surface area (Å²) >= 11 is 12.8. The molecule has 0 aromatic heterocycles. The molecule has 0 spiro atoms. The van der Waals surface area contributed by atoms with Crippen molar-refractivity contribution in [1.82, 2.24) is 0 Å². The lowest BCUT2D eigenvalue weighted by atomic mass is 9.85. The zero-order valence-corrected chi connectivity index (χ0v) is 17.9. The molecule has 0 fully saturated rings. The predicted octanol–water partition coefficient (Wildman–Crippen LogP) is 8.70. The van der Waals surface area contributed by atoms with Gasteiger partial charge in [0.15, 0.2) is 0 Å². The zero-order chi connectivity index (χ0) is 20.2. The lowest BCUT2D eigenvalue weighted by Crippen LogP contribution is -2.03. The normalized spacial score (nSPS) is 14.3. The molecule has 146 valence electrons. The Morgan fingerprint density at radius 3 is 1.37 bits per heavy atom. The van der Waals surface area contributed by atoms with Gasteiger partial charge in [0.05, 0.1) is 0 Å². The Morgan fingerprint density at radius 1 is 0.467 bits per heavy atom. The Morgan fingerprint density at radius 2 is 0.867 bits per heavy atom. The molecule has 0 atom stereocenters. The highest BCUT2D eigenvalue weighted by molar-refractivity contribution is 6.31. The smallest absolute Gasteiger partial charge is 0.0409 e. The highest BCUT2D eigenvalue weighted by Crippen LogP contribution is 2.52. The van der Waals surface area contributed by atoms with E-state index in [1.54, 1.807) is 0 Å². The molecular weight excluding hydrogens is 407 g/mol. The van der Waals surface area contributed by atoms with Crippen molar-refractivity contribution in [2.45, 2.75) is 24.7 Å². The van der Waals surface area contributed by atoms with Crippen LogP contribution in [-0.4, -0.2) is 0 Å². The second-order valence-electron chi connectivity index (χ2n) is 8.32. The van der Waals surface area contributed by atoms with Crippen LogP contribution in [0, 0.1) is 0 Å². The van der Waals surface area contributed by atoms with Crippen molar-refractivity contribution in [2.75, 3.05) is 0 Å². The summed E-state index contributed by atoms with van der Waals surface area (Å²) in [5.41, 5.74) is 10.9. The Bertz CT molecular complexity index is 1190. The fraction of sp³-hybridized carbons (Fsp3) is 0.143. The molecule has 2 heteroatoms. The maximum Gasteiger partial charge on any atom is 0.0409 e. The fourth-order valence-corrected chi connectivity index (χ4v) is 5.88. The van der Waals surface area contributed by atoms with Crippen LogP contribution in [0.3, 0.4) is 0 Å². The van der Waals surface area contributed by atoms with Crippen LogP contribution in [-0.2, 0) is 0 Å². The van der Waals surface area contributed by atoms with Crippen LogP contribution >= 0.6 is 23.2 Å². The second kappa shape index (κ2) is 7.01. The number of rotatable bonds is 3. The first kappa shape index (κ1) is 18.2. The van der Waals surface area contributed by atoms with Gasteiger partial charge in [-0.1, -0.05) is 83.9 Å². The van der Waals surface area contributed by atoms with E-state index >= 15 is 0 Å². The van der Waals surface area contributed by atoms with E-state index < -0.39 is 0 Å². The zero-order valence-electron chi connectivity index (χ0n) is 16.4. The Balaban J connectivity index is 1.40. The highest BCUT2D eigenvalue weighted by Gasteiger charge is 2.32. The number of hydrogen-bond donors (Lipinski definition) is 0. The lowest BCUT2D eigenvalue weighted by Gasteiger charge is -2.19. The highest BCUT2D eigenvalue weighted by atomic mass is 35.5. The summed E-state index contributed by atoms with van der Waals surface area (Å²) in [6.07, 6.45) is 2.16. The van der Waals surface area contributed by atoms with Gasteiger partial charge in [-0.15, -0.1) is 0 Å². The molecule has 4 aromatic rings. The summed E-state index contributed by atoms with van der Waals surface area (Å²) in [6, 6.07) is 30.3. The summed E-state index contributed by atoms with van der Waals surface area (Å²) in [4.78, 5) is 0. The molecule has 0 heterocycles. The van der Waals surface area contributed by atoms with Crippen LogP contribution in [0.25, 0.3) is 22.3 Å². The van der Waals surface area contributed by atoms with Crippen molar-refractivity contribution in [2.24, 2.45) is 0 Å². The van der Waals surface area contributed by atoms with Crippen molar-refractivity contribution in [1.29, 1.82) is 0 Å². The molecule has 0 nitrogen and oxygen atoms in total. The molecule has 0 saturated heterocycles. The predicted molar refractivity (Wildman–Crippen MR) is 127 cm³/mol. The molecule has 6 rings (SSSR count). The van der Waals surface area contributed by atoms with Crippen LogP contribution in [0.4, 0.5) is 0 Å². The molecule has 2 aliphatic rings. The molecule has 0 radical (unpaired) electrons. The number of halogens is 2. The molecule has 2 aliphatic carbocycles. The van der Waals surface area contributed by atoms with Gasteiger partial charge in [-0.2, -0.15) is 0 Å². The molecule has 30 heavy (non-hydrogen) atoms. The summed E-state index contributed by atoms with van der Waals surface area (Å²) in [5, 5.41) is 1.60. The van der Waals surface area contributed by atoms with Crippen molar-refractivity contribution in [3.8, 4) is 22.3 Å². The van der Waals surface area contributed by atoms with Gasteiger partial charge in [0.1, 0.15) is 0 Å². The topological polar surface area (TPSA) is 0 Å². The molecule has 4 aromatic carbocycles. The molecular formula is C28H20Cl2. The largest absolute Gasteiger partial charge is 0.0843 e. The van der Waals surface area contributed by atoms with Crippen LogP contribution in [0.15, 0.2) is 84.9 Å². The molecule has 0 bridgehead atoms. The minimum absolute atomic E-state index is 0.326. The van der Waals surface area contributed by atoms with Crippen molar-refractivity contribution in [3.63, 3.8) is 0 Å². The van der Waals surface area contributed by atoms with Gasteiger partial charge in [0, 0.05) is 21.9 Å². The third kappa shape index (κ3) is 2.75. The first-order chi connectivity index (χ1) is 14.7. The van der Waals surface area contributed by atoms with E-state index in [0.717, 1.165) is 22.9 Å². The van der Waals surface area contributed by atoms with Gasteiger partial charge in [0.25, 0.3) is 0 Å². The van der Waals surface area contributed by atoms with Gasteiger partial charge >= 0.3 is 0 Å². The van der Waals surface area contributed by atoms with Gasteiger partial charge in [-0.05, 0) is 81.6 Å². The minimum Gasteiger partial charge on any atom is -0.0843 e. The van der Waals surface area contributed by atoms with Gasteiger partial charge in [-0.25, -0.2) is 0 Å². The van der Waals surface area contributed by atoms with Crippen LogP contribution in [0.2, 0.25) is 10.0 Å². The average Bonchev–Trinajstić information content (AvgIpc) is 3.24. The summed E-state index contributed by atoms with van der Waals surface area (Å²) < 4.78 is 0. The third-order valence-corrected chi connectivity index (χ3v) is 7.25. The molecule has 0 unspecified atom stereocenters. The van der Waals surface area contributed by atoms with Crippen LogP contribution < -0.4 is 0 Å². The SMILES string of the molecule is Clc1ccc2c(c1)C(CCC1c3ccccc3-c3ccccc31)c1cc(Cl)ccc1-2. The molecule has 0 saturated carbocycles.